The average Bonchev–Trinajstić information content (AvgIpc) is 2.59. The molecule has 0 saturated carbocycles. The van der Waals surface area contributed by atoms with Gasteiger partial charge in [-0.15, -0.1) is 0 Å². The molecule has 0 saturated heterocycles. The molecule has 3 rings (SSSR count). The van der Waals surface area contributed by atoms with Crippen molar-refractivity contribution in [1.82, 2.24) is 0 Å². The Morgan fingerprint density at radius 1 is 1.17 bits per heavy atom. The van der Waals surface area contributed by atoms with Crippen LogP contribution < -0.4 is 15.0 Å². The first-order valence-electron chi connectivity index (χ1n) is 7.59. The topological polar surface area (TPSA) is 58.6 Å². The Morgan fingerprint density at radius 3 is 2.62 bits per heavy atom. The number of allylic oxidation sites excluding steroid dienone is 1. The molecule has 0 aliphatic carbocycles. The van der Waals surface area contributed by atoms with E-state index in [-0.39, 0.29) is 18.3 Å². The summed E-state index contributed by atoms with van der Waals surface area (Å²) in [6.07, 6.45) is 3.30. The monoisotopic (exact) mass is 322 g/mol. The molecule has 0 atom stereocenters. The summed E-state index contributed by atoms with van der Waals surface area (Å²) in [6.45, 7) is 0.00311. The number of rotatable bonds is 4. The van der Waals surface area contributed by atoms with Gasteiger partial charge in [0.2, 0.25) is 0 Å². The average molecular weight is 322 g/mol. The maximum Gasteiger partial charge on any atom is 0.262 e. The molecule has 2 aromatic rings. The smallest absolute Gasteiger partial charge is 0.262 e. The van der Waals surface area contributed by atoms with Gasteiger partial charge in [0.1, 0.15) is 5.75 Å². The number of ether oxygens (including phenoxy) is 1. The molecule has 1 heterocycles. The van der Waals surface area contributed by atoms with Crippen molar-refractivity contribution in [3.63, 3.8) is 0 Å². The fraction of sp³-hybridized carbons (Fsp3) is 0.158. The quantitative estimate of drug-likeness (QED) is 0.694. The van der Waals surface area contributed by atoms with E-state index in [1.807, 2.05) is 43.3 Å². The number of amides is 1. The molecule has 1 aliphatic heterocycles. The van der Waals surface area contributed by atoms with Crippen LogP contribution in [0.1, 0.15) is 15.9 Å². The molecule has 0 spiro atoms. The lowest BCUT2D eigenvalue weighted by molar-refractivity contribution is -0.118. The van der Waals surface area contributed by atoms with E-state index >= 15 is 0 Å². The van der Waals surface area contributed by atoms with Crippen LogP contribution in [0.15, 0.2) is 48.5 Å². The predicted octanol–water partition coefficient (Wildman–Crippen LogP) is 2.98. The fourth-order valence-electron chi connectivity index (χ4n) is 2.39. The molecule has 0 radical (unpaired) electrons. The van der Waals surface area contributed by atoms with Crippen LogP contribution in [0.25, 0.3) is 6.08 Å². The molecule has 1 N–H and O–H groups in total. The Balaban J connectivity index is 1.75. The molecule has 122 valence electrons. The van der Waals surface area contributed by atoms with Crippen molar-refractivity contribution >= 4 is 29.1 Å². The molecule has 5 nitrogen and oxygen atoms in total. The van der Waals surface area contributed by atoms with Crippen molar-refractivity contribution in [2.24, 2.45) is 0 Å². The summed E-state index contributed by atoms with van der Waals surface area (Å²) in [5.74, 6) is 0.229. The third-order valence-electron chi connectivity index (χ3n) is 3.73. The zero-order chi connectivity index (χ0) is 17.1. The highest BCUT2D eigenvalue weighted by atomic mass is 16.5. The number of nitrogens with zero attached hydrogens (tertiary/aromatic N) is 1. The molecule has 5 heteroatoms. The Labute approximate surface area is 140 Å². The van der Waals surface area contributed by atoms with Crippen molar-refractivity contribution < 1.29 is 14.3 Å². The van der Waals surface area contributed by atoms with E-state index in [2.05, 4.69) is 5.32 Å². The van der Waals surface area contributed by atoms with Gasteiger partial charge in [0, 0.05) is 25.3 Å². The van der Waals surface area contributed by atoms with Crippen LogP contribution in [0.3, 0.4) is 0 Å². The Morgan fingerprint density at radius 2 is 1.92 bits per heavy atom. The van der Waals surface area contributed by atoms with Gasteiger partial charge in [-0.25, -0.2) is 0 Å². The number of benzene rings is 2. The molecular formula is C19H18N2O3. The predicted molar refractivity (Wildman–Crippen MR) is 94.7 cm³/mol. The van der Waals surface area contributed by atoms with E-state index in [4.69, 9.17) is 4.74 Å². The Bertz CT molecular complexity index is 808. The third kappa shape index (κ3) is 3.46. The molecule has 0 aromatic heterocycles. The summed E-state index contributed by atoms with van der Waals surface area (Å²) < 4.78 is 5.28. The summed E-state index contributed by atoms with van der Waals surface area (Å²) in [7, 11) is 3.96. The minimum absolute atomic E-state index is 0.00311. The molecule has 2 aromatic carbocycles. The zero-order valence-corrected chi connectivity index (χ0v) is 13.6. The number of hydrogen-bond donors (Lipinski definition) is 1. The number of hydrogen-bond acceptors (Lipinski definition) is 4. The standard InChI is InChI=1S/C19H18N2O3/c1-21(2)15-7-3-13(4-8-15)5-9-17(22)14-6-10-18-16(11-14)20-19(23)12-24-18/h3-11H,12H2,1-2H3,(H,20,23). The number of carbonyl (C=O) groups excluding carboxylic acids is 2. The van der Waals surface area contributed by atoms with Gasteiger partial charge in [-0.05, 0) is 42.0 Å². The summed E-state index contributed by atoms with van der Waals surface area (Å²) in [4.78, 5) is 25.7. The largest absolute Gasteiger partial charge is 0.482 e. The van der Waals surface area contributed by atoms with Crippen LogP contribution in [0.2, 0.25) is 0 Å². The Hall–Kier alpha value is -3.08. The van der Waals surface area contributed by atoms with E-state index in [1.54, 1.807) is 24.3 Å². The normalized spacial score (nSPS) is 13.2. The SMILES string of the molecule is CN(C)c1ccc(C=CC(=O)c2ccc3c(c2)NC(=O)CO3)cc1. The second-order valence-electron chi connectivity index (χ2n) is 5.73. The summed E-state index contributed by atoms with van der Waals surface area (Å²) in [5.41, 5.74) is 3.08. The second kappa shape index (κ2) is 6.58. The van der Waals surface area contributed by atoms with Crippen molar-refractivity contribution in [3.8, 4) is 5.75 Å². The van der Waals surface area contributed by atoms with Crippen molar-refractivity contribution in [1.29, 1.82) is 0 Å². The minimum Gasteiger partial charge on any atom is -0.482 e. The lowest BCUT2D eigenvalue weighted by Gasteiger charge is -2.17. The molecule has 0 unspecified atom stereocenters. The van der Waals surface area contributed by atoms with Gasteiger partial charge < -0.3 is 15.0 Å². The van der Waals surface area contributed by atoms with Crippen LogP contribution in [-0.2, 0) is 4.79 Å². The first-order chi connectivity index (χ1) is 11.5. The highest BCUT2D eigenvalue weighted by Crippen LogP contribution is 2.28. The number of nitrogens with one attached hydrogen (secondary N) is 1. The molecule has 24 heavy (non-hydrogen) atoms. The van der Waals surface area contributed by atoms with Gasteiger partial charge >= 0.3 is 0 Å². The van der Waals surface area contributed by atoms with E-state index in [9.17, 15) is 9.59 Å². The van der Waals surface area contributed by atoms with Gasteiger partial charge in [0.25, 0.3) is 5.91 Å². The van der Waals surface area contributed by atoms with Gasteiger partial charge in [-0.1, -0.05) is 18.2 Å². The number of carbonyl (C=O) groups is 2. The van der Waals surface area contributed by atoms with Crippen LogP contribution in [0.4, 0.5) is 11.4 Å². The first-order valence-corrected chi connectivity index (χ1v) is 7.59. The van der Waals surface area contributed by atoms with Gasteiger partial charge in [0.15, 0.2) is 12.4 Å². The molecule has 1 aliphatic rings. The molecule has 1 amide bonds. The van der Waals surface area contributed by atoms with Crippen LogP contribution in [0.5, 0.6) is 5.75 Å². The molecular weight excluding hydrogens is 304 g/mol. The van der Waals surface area contributed by atoms with Crippen LogP contribution in [0, 0.1) is 0 Å². The summed E-state index contributed by atoms with van der Waals surface area (Å²) >= 11 is 0. The van der Waals surface area contributed by atoms with Crippen molar-refractivity contribution in [3.05, 3.63) is 59.7 Å². The Kier molecular flexibility index (Phi) is 4.33. The highest BCUT2D eigenvalue weighted by molar-refractivity contribution is 6.08. The van der Waals surface area contributed by atoms with E-state index in [1.165, 1.54) is 6.08 Å². The van der Waals surface area contributed by atoms with Gasteiger partial charge in [0.05, 0.1) is 5.69 Å². The minimum atomic E-state index is -0.219. The lowest BCUT2D eigenvalue weighted by atomic mass is 10.1. The van der Waals surface area contributed by atoms with Gasteiger partial charge in [-0.3, -0.25) is 9.59 Å². The van der Waals surface area contributed by atoms with Crippen LogP contribution >= 0.6 is 0 Å². The van der Waals surface area contributed by atoms with E-state index in [0.29, 0.717) is 17.0 Å². The first kappa shape index (κ1) is 15.8. The fourth-order valence-corrected chi connectivity index (χ4v) is 2.39. The molecule has 0 fully saturated rings. The highest BCUT2D eigenvalue weighted by Gasteiger charge is 2.17. The summed E-state index contributed by atoms with van der Waals surface area (Å²) in [5, 5.41) is 2.70. The van der Waals surface area contributed by atoms with Crippen molar-refractivity contribution in [2.45, 2.75) is 0 Å². The second-order valence-corrected chi connectivity index (χ2v) is 5.73. The summed E-state index contributed by atoms with van der Waals surface area (Å²) in [6, 6.07) is 12.9. The maximum atomic E-state index is 12.3. The zero-order valence-electron chi connectivity index (χ0n) is 13.6. The number of ketones is 1. The lowest BCUT2D eigenvalue weighted by Crippen LogP contribution is -2.25. The van der Waals surface area contributed by atoms with Crippen molar-refractivity contribution in [2.75, 3.05) is 30.9 Å². The van der Waals surface area contributed by atoms with E-state index < -0.39 is 0 Å². The van der Waals surface area contributed by atoms with E-state index in [0.717, 1.165) is 11.3 Å². The maximum absolute atomic E-state index is 12.3. The van der Waals surface area contributed by atoms with Gasteiger partial charge in [-0.2, -0.15) is 0 Å². The molecule has 0 bridgehead atoms. The van der Waals surface area contributed by atoms with Crippen LogP contribution in [-0.4, -0.2) is 32.4 Å². The third-order valence-corrected chi connectivity index (χ3v) is 3.73. The number of anilines is 2. The number of fused-ring (bicyclic) bond motifs is 1.